The molecule has 3 nitrogen and oxygen atoms in total. The second kappa shape index (κ2) is 5.14. The van der Waals surface area contributed by atoms with Crippen molar-refractivity contribution in [2.45, 2.75) is 43.9 Å². The predicted octanol–water partition coefficient (Wildman–Crippen LogP) is 1.70. The highest BCUT2D eigenvalue weighted by Crippen LogP contribution is 2.25. The zero-order valence-corrected chi connectivity index (χ0v) is 11.8. The van der Waals surface area contributed by atoms with Crippen LogP contribution in [0, 0.1) is 0 Å². The number of benzene rings is 1. The van der Waals surface area contributed by atoms with Crippen molar-refractivity contribution in [1.82, 2.24) is 0 Å². The van der Waals surface area contributed by atoms with E-state index in [9.17, 15) is 4.79 Å². The number of carbonyl (C=O) groups is 1. The van der Waals surface area contributed by atoms with E-state index in [0.717, 1.165) is 12.8 Å². The van der Waals surface area contributed by atoms with Gasteiger partial charge in [-0.3, -0.25) is 0 Å². The van der Waals surface area contributed by atoms with Crippen LogP contribution in [0.25, 0.3) is 0 Å². The van der Waals surface area contributed by atoms with Gasteiger partial charge in [0.25, 0.3) is 0 Å². The average Bonchev–Trinajstić information content (AvgIpc) is 2.63. The molecule has 0 aromatic heterocycles. The van der Waals surface area contributed by atoms with Gasteiger partial charge in [0.1, 0.15) is 6.10 Å². The molecule has 102 valence electrons. The number of piperidine rings is 1. The van der Waals surface area contributed by atoms with Gasteiger partial charge in [0.2, 0.25) is 0 Å². The van der Waals surface area contributed by atoms with Gasteiger partial charge in [-0.2, -0.15) is 0 Å². The first-order chi connectivity index (χ1) is 9.13. The SMILES string of the molecule is C[NH+]1C2CCC1CC(OC(=O)c1ccc(Cl)cc1)C2. The Kier molecular flexibility index (Phi) is 3.50. The molecule has 4 heteroatoms. The minimum absolute atomic E-state index is 0.0874. The van der Waals surface area contributed by atoms with E-state index >= 15 is 0 Å². The number of ether oxygens (including phenoxy) is 1. The summed E-state index contributed by atoms with van der Waals surface area (Å²) in [6.45, 7) is 0. The van der Waals surface area contributed by atoms with Gasteiger partial charge >= 0.3 is 5.97 Å². The first-order valence-electron chi connectivity index (χ1n) is 6.93. The first-order valence-corrected chi connectivity index (χ1v) is 7.31. The van der Waals surface area contributed by atoms with Crippen molar-refractivity contribution in [2.24, 2.45) is 0 Å². The molecule has 0 spiro atoms. The monoisotopic (exact) mass is 280 g/mol. The molecule has 2 fully saturated rings. The Bertz CT molecular complexity index is 460. The molecule has 2 aliphatic heterocycles. The number of hydrogen-bond donors (Lipinski definition) is 1. The molecule has 2 saturated heterocycles. The maximum atomic E-state index is 12.1. The largest absolute Gasteiger partial charge is 0.458 e. The number of rotatable bonds is 2. The van der Waals surface area contributed by atoms with E-state index in [1.54, 1.807) is 29.2 Å². The number of halogens is 1. The quantitative estimate of drug-likeness (QED) is 0.836. The second-order valence-corrected chi connectivity index (χ2v) is 6.16. The van der Waals surface area contributed by atoms with Crippen molar-refractivity contribution in [3.63, 3.8) is 0 Å². The molecule has 0 saturated carbocycles. The van der Waals surface area contributed by atoms with Crippen LogP contribution in [0.5, 0.6) is 0 Å². The maximum Gasteiger partial charge on any atom is 0.338 e. The third kappa shape index (κ3) is 2.63. The van der Waals surface area contributed by atoms with Crippen LogP contribution in [0.1, 0.15) is 36.0 Å². The van der Waals surface area contributed by atoms with Crippen LogP contribution in [-0.2, 0) is 4.74 Å². The fourth-order valence-corrected chi connectivity index (χ4v) is 3.56. The lowest BCUT2D eigenvalue weighted by atomic mass is 10.0. The minimum Gasteiger partial charge on any atom is -0.458 e. The Labute approximate surface area is 118 Å². The summed E-state index contributed by atoms with van der Waals surface area (Å²) in [6.07, 6.45) is 4.63. The van der Waals surface area contributed by atoms with Crippen LogP contribution < -0.4 is 4.90 Å². The Balaban J connectivity index is 1.63. The summed E-state index contributed by atoms with van der Waals surface area (Å²) in [4.78, 5) is 13.7. The average molecular weight is 281 g/mol. The number of quaternary nitrogens is 1. The molecular formula is C15H19ClNO2+. The van der Waals surface area contributed by atoms with Crippen molar-refractivity contribution in [3.05, 3.63) is 34.9 Å². The van der Waals surface area contributed by atoms with Crippen molar-refractivity contribution >= 4 is 17.6 Å². The van der Waals surface area contributed by atoms with E-state index in [1.165, 1.54) is 12.8 Å². The molecule has 0 aliphatic carbocycles. The molecule has 0 amide bonds. The molecule has 0 radical (unpaired) electrons. The number of carbonyl (C=O) groups excluding carboxylic acids is 1. The Morgan fingerprint density at radius 1 is 1.21 bits per heavy atom. The summed E-state index contributed by atoms with van der Waals surface area (Å²) in [5, 5.41) is 0.637. The van der Waals surface area contributed by atoms with Crippen LogP contribution in [0.2, 0.25) is 5.02 Å². The molecule has 2 atom stereocenters. The third-order valence-electron chi connectivity index (χ3n) is 4.60. The summed E-state index contributed by atoms with van der Waals surface area (Å²) in [5.74, 6) is -0.222. The molecule has 1 aromatic carbocycles. The van der Waals surface area contributed by atoms with Gasteiger partial charge in [-0.05, 0) is 24.3 Å². The zero-order chi connectivity index (χ0) is 13.4. The second-order valence-electron chi connectivity index (χ2n) is 5.72. The number of nitrogens with one attached hydrogen (secondary N) is 1. The highest BCUT2D eigenvalue weighted by atomic mass is 35.5. The zero-order valence-electron chi connectivity index (χ0n) is 11.1. The van der Waals surface area contributed by atoms with Gasteiger partial charge < -0.3 is 9.64 Å². The number of esters is 1. The summed E-state index contributed by atoms with van der Waals surface area (Å²) in [6, 6.07) is 8.23. The van der Waals surface area contributed by atoms with Gasteiger partial charge in [-0.25, -0.2) is 4.79 Å². The van der Waals surface area contributed by atoms with E-state index in [0.29, 0.717) is 22.7 Å². The van der Waals surface area contributed by atoms with Gasteiger partial charge in [0.05, 0.1) is 24.7 Å². The molecule has 2 heterocycles. The topological polar surface area (TPSA) is 30.7 Å². The molecule has 2 aliphatic rings. The lowest BCUT2D eigenvalue weighted by Gasteiger charge is -2.33. The molecule has 19 heavy (non-hydrogen) atoms. The normalized spacial score (nSPS) is 33.2. The first kappa shape index (κ1) is 12.9. The van der Waals surface area contributed by atoms with Crippen LogP contribution in [-0.4, -0.2) is 31.2 Å². The van der Waals surface area contributed by atoms with Crippen LogP contribution in [0.4, 0.5) is 0 Å². The predicted molar refractivity (Wildman–Crippen MR) is 73.6 cm³/mol. The lowest BCUT2D eigenvalue weighted by molar-refractivity contribution is -0.923. The molecule has 2 unspecified atom stereocenters. The van der Waals surface area contributed by atoms with Crippen LogP contribution in [0.15, 0.2) is 24.3 Å². The van der Waals surface area contributed by atoms with E-state index in [2.05, 4.69) is 7.05 Å². The van der Waals surface area contributed by atoms with Gasteiger partial charge in [-0.1, -0.05) is 11.6 Å². The van der Waals surface area contributed by atoms with Gasteiger partial charge in [-0.15, -0.1) is 0 Å². The number of fused-ring (bicyclic) bond motifs is 2. The Morgan fingerprint density at radius 3 is 2.37 bits per heavy atom. The molecule has 1 N–H and O–H groups in total. The Morgan fingerprint density at radius 2 is 1.79 bits per heavy atom. The molecule has 2 bridgehead atoms. The number of hydrogen-bond acceptors (Lipinski definition) is 2. The standard InChI is InChI=1S/C15H18ClNO2/c1-17-12-6-7-13(17)9-14(8-12)19-15(18)10-2-4-11(16)5-3-10/h2-5,12-14H,6-9H2,1H3/p+1. The summed E-state index contributed by atoms with van der Waals surface area (Å²) in [7, 11) is 2.26. The molecule has 1 aromatic rings. The van der Waals surface area contributed by atoms with Crippen molar-refractivity contribution in [2.75, 3.05) is 7.05 Å². The summed E-state index contributed by atoms with van der Waals surface area (Å²) >= 11 is 5.82. The van der Waals surface area contributed by atoms with E-state index in [1.807, 2.05) is 0 Å². The van der Waals surface area contributed by atoms with Crippen molar-refractivity contribution < 1.29 is 14.4 Å². The Hall–Kier alpha value is -1.06. The van der Waals surface area contributed by atoms with Crippen LogP contribution in [0.3, 0.4) is 0 Å². The third-order valence-corrected chi connectivity index (χ3v) is 4.85. The van der Waals surface area contributed by atoms with Crippen molar-refractivity contribution in [1.29, 1.82) is 0 Å². The summed E-state index contributed by atoms with van der Waals surface area (Å²) < 4.78 is 5.65. The van der Waals surface area contributed by atoms with Crippen molar-refractivity contribution in [3.8, 4) is 0 Å². The summed E-state index contributed by atoms with van der Waals surface area (Å²) in [5.41, 5.74) is 0.586. The highest BCUT2D eigenvalue weighted by Gasteiger charge is 2.43. The van der Waals surface area contributed by atoms with E-state index < -0.39 is 0 Å². The lowest BCUT2D eigenvalue weighted by Crippen LogP contribution is -3.15. The minimum atomic E-state index is -0.222. The fraction of sp³-hybridized carbons (Fsp3) is 0.533. The van der Waals surface area contributed by atoms with Gasteiger partial charge in [0, 0.05) is 30.7 Å². The van der Waals surface area contributed by atoms with Gasteiger partial charge in [0.15, 0.2) is 0 Å². The molecular weight excluding hydrogens is 262 g/mol. The smallest absolute Gasteiger partial charge is 0.338 e. The van der Waals surface area contributed by atoms with E-state index in [-0.39, 0.29) is 12.1 Å². The fourth-order valence-electron chi connectivity index (χ4n) is 3.43. The van der Waals surface area contributed by atoms with Crippen LogP contribution >= 0.6 is 11.6 Å². The van der Waals surface area contributed by atoms with E-state index in [4.69, 9.17) is 16.3 Å². The maximum absolute atomic E-state index is 12.1. The highest BCUT2D eigenvalue weighted by molar-refractivity contribution is 6.30. The molecule has 3 rings (SSSR count).